The molecule has 0 aromatic rings. The standard InChI is InChI=1S/C8H16ClNO/c1-6(2)7(11)10-8(3,4)5-9/h6H,5H2,1-4H3,(H,10,11). The second kappa shape index (κ2) is 3.96. The number of carbonyl (C=O) groups excluding carboxylic acids is 1. The summed E-state index contributed by atoms with van der Waals surface area (Å²) in [4.78, 5) is 11.1. The summed E-state index contributed by atoms with van der Waals surface area (Å²) in [6, 6.07) is 0. The van der Waals surface area contributed by atoms with Crippen LogP contribution in [-0.2, 0) is 4.79 Å². The van der Waals surface area contributed by atoms with Gasteiger partial charge in [0.1, 0.15) is 0 Å². The summed E-state index contributed by atoms with van der Waals surface area (Å²) >= 11 is 5.63. The third-order valence-corrected chi connectivity index (χ3v) is 1.99. The lowest BCUT2D eigenvalue weighted by molar-refractivity contribution is -0.125. The molecule has 0 aromatic heterocycles. The van der Waals surface area contributed by atoms with Crippen LogP contribution in [0.3, 0.4) is 0 Å². The molecule has 11 heavy (non-hydrogen) atoms. The van der Waals surface area contributed by atoms with E-state index < -0.39 is 0 Å². The van der Waals surface area contributed by atoms with Gasteiger partial charge in [0.05, 0.1) is 0 Å². The maximum Gasteiger partial charge on any atom is 0.222 e. The quantitative estimate of drug-likeness (QED) is 0.655. The Balaban J connectivity index is 3.94. The molecule has 0 radical (unpaired) electrons. The van der Waals surface area contributed by atoms with Crippen molar-refractivity contribution in [1.29, 1.82) is 0 Å². The molecule has 0 unspecified atom stereocenters. The average Bonchev–Trinajstić information content (AvgIpc) is 1.87. The molecule has 2 nitrogen and oxygen atoms in total. The maximum atomic E-state index is 11.1. The first kappa shape index (κ1) is 10.8. The summed E-state index contributed by atoms with van der Waals surface area (Å²) in [5, 5.41) is 2.83. The summed E-state index contributed by atoms with van der Waals surface area (Å²) in [5.41, 5.74) is -0.289. The van der Waals surface area contributed by atoms with Crippen LogP contribution >= 0.6 is 11.6 Å². The molecule has 0 aromatic carbocycles. The Bertz CT molecular complexity index is 143. The van der Waals surface area contributed by atoms with E-state index >= 15 is 0 Å². The van der Waals surface area contributed by atoms with Crippen molar-refractivity contribution in [2.75, 3.05) is 5.88 Å². The SMILES string of the molecule is CC(C)C(=O)NC(C)(C)CCl. The molecule has 3 heteroatoms. The van der Waals surface area contributed by atoms with E-state index in [1.165, 1.54) is 0 Å². The zero-order valence-corrected chi connectivity index (χ0v) is 8.33. The Morgan fingerprint density at radius 2 is 2.00 bits per heavy atom. The molecule has 1 N–H and O–H groups in total. The Morgan fingerprint density at radius 1 is 1.55 bits per heavy atom. The van der Waals surface area contributed by atoms with Crippen LogP contribution in [0.4, 0.5) is 0 Å². The number of nitrogens with one attached hydrogen (secondary N) is 1. The second-order valence-corrected chi connectivity index (χ2v) is 3.93. The van der Waals surface area contributed by atoms with Crippen molar-refractivity contribution in [2.45, 2.75) is 33.2 Å². The zero-order valence-electron chi connectivity index (χ0n) is 7.57. The first-order chi connectivity index (χ1) is 4.89. The third kappa shape index (κ3) is 4.25. The zero-order chi connectivity index (χ0) is 9.07. The number of rotatable bonds is 3. The highest BCUT2D eigenvalue weighted by Crippen LogP contribution is 2.05. The molecule has 0 saturated carbocycles. The minimum Gasteiger partial charge on any atom is -0.350 e. The van der Waals surface area contributed by atoms with Gasteiger partial charge in [-0.25, -0.2) is 0 Å². The van der Waals surface area contributed by atoms with Crippen molar-refractivity contribution >= 4 is 17.5 Å². The number of halogens is 1. The van der Waals surface area contributed by atoms with E-state index in [1.54, 1.807) is 0 Å². The second-order valence-electron chi connectivity index (χ2n) is 3.66. The van der Waals surface area contributed by atoms with Crippen LogP contribution < -0.4 is 5.32 Å². The first-order valence-corrected chi connectivity index (χ1v) is 4.30. The first-order valence-electron chi connectivity index (χ1n) is 3.77. The summed E-state index contributed by atoms with van der Waals surface area (Å²) < 4.78 is 0. The van der Waals surface area contributed by atoms with Crippen LogP contribution in [0.15, 0.2) is 0 Å². The van der Waals surface area contributed by atoms with Crippen LogP contribution in [0.1, 0.15) is 27.7 Å². The predicted molar refractivity (Wildman–Crippen MR) is 47.8 cm³/mol. The maximum absolute atomic E-state index is 11.1. The van der Waals surface area contributed by atoms with Crippen LogP contribution in [0, 0.1) is 5.92 Å². The van der Waals surface area contributed by atoms with Gasteiger partial charge in [-0.2, -0.15) is 0 Å². The molecule has 0 atom stereocenters. The van der Waals surface area contributed by atoms with E-state index in [4.69, 9.17) is 11.6 Å². The molecule has 0 aliphatic heterocycles. The van der Waals surface area contributed by atoms with Crippen LogP contribution in [0.5, 0.6) is 0 Å². The minimum absolute atomic E-state index is 0.0255. The van der Waals surface area contributed by atoms with E-state index in [9.17, 15) is 4.79 Å². The van der Waals surface area contributed by atoms with E-state index in [-0.39, 0.29) is 17.4 Å². The van der Waals surface area contributed by atoms with Gasteiger partial charge in [0, 0.05) is 17.3 Å². The average molecular weight is 178 g/mol. The lowest BCUT2D eigenvalue weighted by Gasteiger charge is -2.24. The number of amides is 1. The van der Waals surface area contributed by atoms with Gasteiger partial charge in [0.15, 0.2) is 0 Å². The Hall–Kier alpha value is -0.240. The lowest BCUT2D eigenvalue weighted by atomic mass is 10.1. The molecule has 1 amide bonds. The number of carbonyl (C=O) groups is 1. The van der Waals surface area contributed by atoms with Crippen LogP contribution in [0.25, 0.3) is 0 Å². The molecule has 0 bridgehead atoms. The summed E-state index contributed by atoms with van der Waals surface area (Å²) in [6.45, 7) is 7.53. The van der Waals surface area contributed by atoms with Gasteiger partial charge < -0.3 is 5.32 Å². The number of hydrogen-bond acceptors (Lipinski definition) is 1. The van der Waals surface area contributed by atoms with Crippen molar-refractivity contribution in [3.63, 3.8) is 0 Å². The summed E-state index contributed by atoms with van der Waals surface area (Å²) in [7, 11) is 0. The lowest BCUT2D eigenvalue weighted by Crippen LogP contribution is -2.46. The largest absolute Gasteiger partial charge is 0.350 e. The van der Waals surface area contributed by atoms with Crippen molar-refractivity contribution in [2.24, 2.45) is 5.92 Å². The molecular formula is C8H16ClNO. The normalized spacial score (nSPS) is 11.8. The molecule has 0 spiro atoms. The topological polar surface area (TPSA) is 29.1 Å². The Labute approximate surface area is 73.3 Å². The smallest absolute Gasteiger partial charge is 0.222 e. The van der Waals surface area contributed by atoms with Crippen molar-refractivity contribution < 1.29 is 4.79 Å². The van der Waals surface area contributed by atoms with Crippen molar-refractivity contribution in [3.05, 3.63) is 0 Å². The fourth-order valence-corrected chi connectivity index (χ4v) is 0.578. The molecule has 0 aliphatic carbocycles. The summed E-state index contributed by atoms with van der Waals surface area (Å²) in [5.74, 6) is 0.513. The van der Waals surface area contributed by atoms with Crippen LogP contribution in [-0.4, -0.2) is 17.3 Å². The highest BCUT2D eigenvalue weighted by molar-refractivity contribution is 6.18. The van der Waals surface area contributed by atoms with Gasteiger partial charge in [-0.1, -0.05) is 13.8 Å². The molecule has 0 fully saturated rings. The fraction of sp³-hybridized carbons (Fsp3) is 0.875. The Morgan fingerprint density at radius 3 is 2.27 bits per heavy atom. The van der Waals surface area contributed by atoms with Gasteiger partial charge in [-0.05, 0) is 13.8 Å². The third-order valence-electron chi connectivity index (χ3n) is 1.32. The van der Waals surface area contributed by atoms with Gasteiger partial charge in [0.2, 0.25) is 5.91 Å². The fourth-order valence-electron chi connectivity index (χ4n) is 0.511. The molecule has 66 valence electrons. The van der Waals surface area contributed by atoms with E-state index in [1.807, 2.05) is 27.7 Å². The monoisotopic (exact) mass is 177 g/mol. The van der Waals surface area contributed by atoms with Gasteiger partial charge in [0.25, 0.3) is 0 Å². The molecule has 0 rings (SSSR count). The molecular weight excluding hydrogens is 162 g/mol. The van der Waals surface area contributed by atoms with Crippen LogP contribution in [0.2, 0.25) is 0 Å². The van der Waals surface area contributed by atoms with Gasteiger partial charge in [-0.15, -0.1) is 11.6 Å². The molecule has 0 heterocycles. The molecule has 0 saturated heterocycles. The van der Waals surface area contributed by atoms with E-state index in [0.29, 0.717) is 5.88 Å². The van der Waals surface area contributed by atoms with Crippen molar-refractivity contribution in [1.82, 2.24) is 5.32 Å². The van der Waals surface area contributed by atoms with Gasteiger partial charge in [-0.3, -0.25) is 4.79 Å². The predicted octanol–water partition coefficient (Wildman–Crippen LogP) is 1.78. The highest BCUT2D eigenvalue weighted by atomic mass is 35.5. The Kier molecular flexibility index (Phi) is 3.87. The van der Waals surface area contributed by atoms with E-state index in [0.717, 1.165) is 0 Å². The molecule has 0 aliphatic rings. The number of hydrogen-bond donors (Lipinski definition) is 1. The summed E-state index contributed by atoms with van der Waals surface area (Å²) in [6.07, 6.45) is 0. The minimum atomic E-state index is -0.289. The number of alkyl halides is 1. The van der Waals surface area contributed by atoms with Crippen molar-refractivity contribution in [3.8, 4) is 0 Å². The van der Waals surface area contributed by atoms with Gasteiger partial charge >= 0.3 is 0 Å². The van der Waals surface area contributed by atoms with E-state index in [2.05, 4.69) is 5.32 Å². The highest BCUT2D eigenvalue weighted by Gasteiger charge is 2.20.